The van der Waals surface area contributed by atoms with E-state index in [2.05, 4.69) is 15.5 Å². The first-order valence-electron chi connectivity index (χ1n) is 12.6. The Hall–Kier alpha value is -3.66. The van der Waals surface area contributed by atoms with Gasteiger partial charge in [-0.3, -0.25) is 19.3 Å². The van der Waals surface area contributed by atoms with Gasteiger partial charge in [0.05, 0.1) is 5.56 Å². The molecule has 0 aliphatic heterocycles. The van der Waals surface area contributed by atoms with Gasteiger partial charge in [0.1, 0.15) is 16.4 Å². The third-order valence-electron chi connectivity index (χ3n) is 5.39. The first-order chi connectivity index (χ1) is 18.1. The standard InChI is InChI=1S/C28H33FN4O4S/c1-5-6-18-33(26(36)21-10-7-8-11-22(21)29)27-32-31-25(38-27)20-15-13-19(14-16-20)24(35)30-17-9-12-23(34)37-28(2,3)4/h7-8,10-11,13-16H,5-6,9,12,17-18H2,1-4H3,(H,30,35). The Balaban J connectivity index is 1.63. The minimum atomic E-state index is -0.581. The normalized spacial score (nSPS) is 11.2. The van der Waals surface area contributed by atoms with E-state index in [0.717, 1.165) is 18.4 Å². The van der Waals surface area contributed by atoms with E-state index >= 15 is 0 Å². The summed E-state index contributed by atoms with van der Waals surface area (Å²) < 4.78 is 19.5. The molecule has 0 aliphatic rings. The van der Waals surface area contributed by atoms with E-state index in [-0.39, 0.29) is 23.9 Å². The number of unbranched alkanes of at least 4 members (excludes halogenated alkanes) is 1. The molecule has 38 heavy (non-hydrogen) atoms. The van der Waals surface area contributed by atoms with Crippen molar-refractivity contribution in [3.63, 3.8) is 0 Å². The third-order valence-corrected chi connectivity index (χ3v) is 6.38. The summed E-state index contributed by atoms with van der Waals surface area (Å²) in [6.07, 6.45) is 2.30. The number of esters is 1. The van der Waals surface area contributed by atoms with Gasteiger partial charge in [-0.1, -0.05) is 48.9 Å². The lowest BCUT2D eigenvalue weighted by Crippen LogP contribution is -2.32. The summed E-state index contributed by atoms with van der Waals surface area (Å²) in [5.41, 5.74) is 0.666. The van der Waals surface area contributed by atoms with Crippen LogP contribution < -0.4 is 10.2 Å². The van der Waals surface area contributed by atoms with E-state index < -0.39 is 17.3 Å². The summed E-state index contributed by atoms with van der Waals surface area (Å²) in [6, 6.07) is 12.8. The van der Waals surface area contributed by atoms with E-state index in [1.54, 1.807) is 36.4 Å². The number of nitrogens with one attached hydrogen (secondary N) is 1. The van der Waals surface area contributed by atoms with E-state index in [1.807, 2.05) is 27.7 Å². The predicted octanol–water partition coefficient (Wildman–Crippen LogP) is 5.64. The van der Waals surface area contributed by atoms with Gasteiger partial charge < -0.3 is 10.1 Å². The van der Waals surface area contributed by atoms with Crippen LogP contribution in [-0.2, 0) is 9.53 Å². The fraction of sp³-hybridized carbons (Fsp3) is 0.393. The Morgan fingerprint density at radius 3 is 2.39 bits per heavy atom. The number of anilines is 1. The first kappa shape index (κ1) is 28.9. The minimum Gasteiger partial charge on any atom is -0.460 e. The first-order valence-corrected chi connectivity index (χ1v) is 13.4. The quantitative estimate of drug-likeness (QED) is 0.249. The Bertz CT molecular complexity index is 1250. The molecule has 202 valence electrons. The van der Waals surface area contributed by atoms with Crippen molar-refractivity contribution >= 4 is 34.3 Å². The van der Waals surface area contributed by atoms with E-state index in [9.17, 15) is 18.8 Å². The van der Waals surface area contributed by atoms with Gasteiger partial charge in [-0.2, -0.15) is 0 Å². The molecule has 1 N–H and O–H groups in total. The lowest BCUT2D eigenvalue weighted by atomic mass is 10.1. The van der Waals surface area contributed by atoms with Gasteiger partial charge in [0.25, 0.3) is 11.8 Å². The van der Waals surface area contributed by atoms with Crippen LogP contribution in [-0.4, -0.2) is 46.7 Å². The number of rotatable bonds is 11. The molecule has 1 heterocycles. The molecule has 0 bridgehead atoms. The fourth-order valence-corrected chi connectivity index (χ4v) is 4.39. The van der Waals surface area contributed by atoms with Gasteiger partial charge in [-0.05, 0) is 57.9 Å². The number of aromatic nitrogens is 2. The zero-order valence-electron chi connectivity index (χ0n) is 22.1. The maximum atomic E-state index is 14.3. The highest BCUT2D eigenvalue weighted by Gasteiger charge is 2.24. The second-order valence-electron chi connectivity index (χ2n) is 9.70. The Morgan fingerprint density at radius 2 is 1.74 bits per heavy atom. The molecule has 8 nitrogen and oxygen atoms in total. The molecule has 0 saturated heterocycles. The number of ether oxygens (including phenoxy) is 1. The van der Waals surface area contributed by atoms with Crippen LogP contribution in [0.3, 0.4) is 0 Å². The second-order valence-corrected chi connectivity index (χ2v) is 10.7. The number of halogens is 1. The van der Waals surface area contributed by atoms with Crippen molar-refractivity contribution in [1.82, 2.24) is 15.5 Å². The lowest BCUT2D eigenvalue weighted by molar-refractivity contribution is -0.154. The molecular weight excluding hydrogens is 507 g/mol. The van der Waals surface area contributed by atoms with E-state index in [0.29, 0.717) is 35.2 Å². The summed E-state index contributed by atoms with van der Waals surface area (Å²) >= 11 is 1.23. The molecule has 3 rings (SSSR count). The summed E-state index contributed by atoms with van der Waals surface area (Å²) in [7, 11) is 0. The molecule has 0 spiro atoms. The number of benzene rings is 2. The topological polar surface area (TPSA) is 101 Å². The Kier molecular flexibility index (Phi) is 10.1. The van der Waals surface area contributed by atoms with Crippen LogP contribution in [0.5, 0.6) is 0 Å². The van der Waals surface area contributed by atoms with Crippen LogP contribution in [0.1, 0.15) is 74.1 Å². The van der Waals surface area contributed by atoms with Crippen molar-refractivity contribution < 1.29 is 23.5 Å². The molecule has 0 saturated carbocycles. The summed E-state index contributed by atoms with van der Waals surface area (Å²) in [6.45, 7) is 8.19. The number of nitrogens with zero attached hydrogens (tertiary/aromatic N) is 3. The minimum absolute atomic E-state index is 0.0122. The molecule has 1 aromatic heterocycles. The molecule has 3 aromatic rings. The zero-order chi connectivity index (χ0) is 27.7. The zero-order valence-corrected chi connectivity index (χ0v) is 22.9. The van der Waals surface area contributed by atoms with Gasteiger partial charge in [-0.15, -0.1) is 10.2 Å². The van der Waals surface area contributed by atoms with Crippen molar-refractivity contribution in [3.8, 4) is 10.6 Å². The molecule has 0 aliphatic carbocycles. The van der Waals surface area contributed by atoms with E-state index in [1.165, 1.54) is 28.4 Å². The molecular formula is C28H33FN4O4S. The van der Waals surface area contributed by atoms with Crippen LogP contribution >= 0.6 is 11.3 Å². The Morgan fingerprint density at radius 1 is 1.03 bits per heavy atom. The van der Waals surface area contributed by atoms with Crippen molar-refractivity contribution in [1.29, 1.82) is 0 Å². The van der Waals surface area contributed by atoms with Gasteiger partial charge in [0.2, 0.25) is 5.13 Å². The average Bonchev–Trinajstić information content (AvgIpc) is 3.36. The van der Waals surface area contributed by atoms with Gasteiger partial charge in [-0.25, -0.2) is 4.39 Å². The number of carbonyl (C=O) groups excluding carboxylic acids is 3. The van der Waals surface area contributed by atoms with E-state index in [4.69, 9.17) is 4.74 Å². The number of hydrogen-bond acceptors (Lipinski definition) is 7. The molecule has 2 aromatic carbocycles. The monoisotopic (exact) mass is 540 g/mol. The van der Waals surface area contributed by atoms with Crippen LogP contribution in [0, 0.1) is 5.82 Å². The molecule has 2 amide bonds. The molecule has 0 unspecified atom stereocenters. The lowest BCUT2D eigenvalue weighted by Gasteiger charge is -2.19. The third kappa shape index (κ3) is 8.17. The fourth-order valence-electron chi connectivity index (χ4n) is 3.51. The van der Waals surface area contributed by atoms with Crippen molar-refractivity contribution in [2.75, 3.05) is 18.0 Å². The molecule has 10 heteroatoms. The smallest absolute Gasteiger partial charge is 0.306 e. The highest BCUT2D eigenvalue weighted by Crippen LogP contribution is 2.30. The molecule has 0 fully saturated rings. The number of carbonyl (C=O) groups is 3. The van der Waals surface area contributed by atoms with Crippen molar-refractivity contribution in [2.24, 2.45) is 0 Å². The van der Waals surface area contributed by atoms with Crippen LogP contribution in [0.4, 0.5) is 9.52 Å². The number of hydrogen-bond donors (Lipinski definition) is 1. The van der Waals surface area contributed by atoms with Crippen molar-refractivity contribution in [2.45, 2.75) is 59.0 Å². The summed E-state index contributed by atoms with van der Waals surface area (Å²) in [4.78, 5) is 38.8. The Labute approximate surface area is 226 Å². The van der Waals surface area contributed by atoms with Crippen LogP contribution in [0.25, 0.3) is 10.6 Å². The molecule has 0 radical (unpaired) electrons. The summed E-state index contributed by atoms with van der Waals surface area (Å²) in [5.74, 6) is -1.59. The highest BCUT2D eigenvalue weighted by molar-refractivity contribution is 7.18. The highest BCUT2D eigenvalue weighted by atomic mass is 32.1. The SMILES string of the molecule is CCCCN(C(=O)c1ccccc1F)c1nnc(-c2ccc(C(=O)NCCCC(=O)OC(C)(C)C)cc2)s1. The van der Waals surface area contributed by atoms with Gasteiger partial charge in [0, 0.05) is 30.6 Å². The van der Waals surface area contributed by atoms with Crippen molar-refractivity contribution in [3.05, 3.63) is 65.5 Å². The number of amides is 2. The average molecular weight is 541 g/mol. The summed E-state index contributed by atoms with van der Waals surface area (Å²) in [5, 5.41) is 12.2. The second kappa shape index (κ2) is 13.2. The molecule has 0 atom stereocenters. The largest absolute Gasteiger partial charge is 0.460 e. The maximum Gasteiger partial charge on any atom is 0.306 e. The van der Waals surface area contributed by atoms with Gasteiger partial charge in [0.15, 0.2) is 0 Å². The van der Waals surface area contributed by atoms with Crippen LogP contribution in [0.15, 0.2) is 48.5 Å². The van der Waals surface area contributed by atoms with Crippen LogP contribution in [0.2, 0.25) is 0 Å². The predicted molar refractivity (Wildman–Crippen MR) is 146 cm³/mol. The van der Waals surface area contributed by atoms with Gasteiger partial charge >= 0.3 is 5.97 Å². The maximum absolute atomic E-state index is 14.3.